The molecular weight excluding hydrogens is 376 g/mol. The number of nitrogens with one attached hydrogen (secondary N) is 1. The first kappa shape index (κ1) is 18.9. The van der Waals surface area contributed by atoms with Gasteiger partial charge in [-0.15, -0.1) is 0 Å². The fourth-order valence-corrected chi connectivity index (χ4v) is 4.16. The Hall–Kier alpha value is -3.13. The molecule has 2 aromatic heterocycles. The second-order valence-corrected chi connectivity index (χ2v) is 8.29. The Morgan fingerprint density at radius 1 is 1.00 bits per heavy atom. The normalized spacial score (nSPS) is 19.2. The zero-order valence-corrected chi connectivity index (χ0v) is 17.8. The van der Waals surface area contributed by atoms with E-state index >= 15 is 0 Å². The second kappa shape index (κ2) is 7.60. The molecule has 5 rings (SSSR count). The third kappa shape index (κ3) is 3.59. The molecule has 1 unspecified atom stereocenters. The maximum absolute atomic E-state index is 4.83. The average Bonchev–Trinajstić information content (AvgIpc) is 3.32. The van der Waals surface area contributed by atoms with Gasteiger partial charge in [0.05, 0.1) is 0 Å². The molecule has 30 heavy (non-hydrogen) atoms. The highest BCUT2D eigenvalue weighted by Gasteiger charge is 2.30. The molecule has 8 nitrogen and oxygen atoms in total. The van der Waals surface area contributed by atoms with Crippen LogP contribution in [0.5, 0.6) is 0 Å². The molecule has 0 amide bonds. The zero-order chi connectivity index (χ0) is 20.7. The summed E-state index contributed by atoms with van der Waals surface area (Å²) in [5.41, 5.74) is 3.42. The van der Waals surface area contributed by atoms with E-state index < -0.39 is 0 Å². The van der Waals surface area contributed by atoms with E-state index in [1.807, 2.05) is 30.2 Å². The number of aromatic nitrogens is 4. The van der Waals surface area contributed by atoms with E-state index in [1.54, 1.807) is 0 Å². The number of nitrogens with zero attached hydrogens (tertiary/aromatic N) is 7. The van der Waals surface area contributed by atoms with Crippen LogP contribution in [0.25, 0.3) is 0 Å². The number of rotatable bonds is 4. The van der Waals surface area contributed by atoms with Crippen LogP contribution < -0.4 is 15.1 Å². The van der Waals surface area contributed by atoms with Crippen molar-refractivity contribution >= 4 is 29.0 Å². The molecule has 156 valence electrons. The SMILES string of the molecule is CC1CN(c2ccn(C)n2)c2nc(Nc3ccc(N4CCN(C)CC4)cc3)ncc21. The zero-order valence-electron chi connectivity index (χ0n) is 17.8. The summed E-state index contributed by atoms with van der Waals surface area (Å²) < 4.78 is 1.82. The minimum atomic E-state index is 0.374. The van der Waals surface area contributed by atoms with Gasteiger partial charge in [-0.25, -0.2) is 4.98 Å². The Morgan fingerprint density at radius 3 is 2.47 bits per heavy atom. The van der Waals surface area contributed by atoms with E-state index in [1.165, 1.54) is 5.69 Å². The summed E-state index contributed by atoms with van der Waals surface area (Å²) in [5.74, 6) is 2.84. The summed E-state index contributed by atoms with van der Waals surface area (Å²) in [6.07, 6.45) is 3.90. The van der Waals surface area contributed by atoms with Crippen LogP contribution in [0.1, 0.15) is 18.4 Å². The summed E-state index contributed by atoms with van der Waals surface area (Å²) in [4.78, 5) is 16.4. The van der Waals surface area contributed by atoms with Crippen molar-refractivity contribution in [3.05, 3.63) is 48.3 Å². The van der Waals surface area contributed by atoms with E-state index in [2.05, 4.69) is 68.3 Å². The highest BCUT2D eigenvalue weighted by Crippen LogP contribution is 2.38. The van der Waals surface area contributed by atoms with Gasteiger partial charge in [0, 0.05) is 81.1 Å². The minimum absolute atomic E-state index is 0.374. The first-order chi connectivity index (χ1) is 14.6. The minimum Gasteiger partial charge on any atom is -0.369 e. The quantitative estimate of drug-likeness (QED) is 0.717. The van der Waals surface area contributed by atoms with Crippen molar-refractivity contribution in [1.29, 1.82) is 0 Å². The molecule has 1 atom stereocenters. The fraction of sp³-hybridized carbons (Fsp3) is 0.409. The van der Waals surface area contributed by atoms with Gasteiger partial charge in [0.2, 0.25) is 5.95 Å². The molecule has 1 fully saturated rings. The number of fused-ring (bicyclic) bond motifs is 1. The van der Waals surface area contributed by atoms with Crippen LogP contribution in [-0.4, -0.2) is 64.4 Å². The summed E-state index contributed by atoms with van der Waals surface area (Å²) >= 11 is 0. The lowest BCUT2D eigenvalue weighted by atomic mass is 10.1. The van der Waals surface area contributed by atoms with E-state index in [4.69, 9.17) is 4.98 Å². The van der Waals surface area contributed by atoms with E-state index in [0.29, 0.717) is 11.9 Å². The van der Waals surface area contributed by atoms with Gasteiger partial charge in [-0.3, -0.25) is 4.68 Å². The first-order valence-corrected chi connectivity index (χ1v) is 10.5. The van der Waals surface area contributed by atoms with Crippen molar-refractivity contribution in [3.63, 3.8) is 0 Å². The van der Waals surface area contributed by atoms with Gasteiger partial charge in [-0.1, -0.05) is 6.92 Å². The van der Waals surface area contributed by atoms with Crippen molar-refractivity contribution in [2.45, 2.75) is 12.8 Å². The predicted octanol–water partition coefficient (Wildman–Crippen LogP) is 2.96. The Kier molecular flexibility index (Phi) is 4.78. The Bertz CT molecular complexity index is 1020. The third-order valence-corrected chi connectivity index (χ3v) is 6.01. The molecule has 0 spiro atoms. The Morgan fingerprint density at radius 2 is 1.77 bits per heavy atom. The van der Waals surface area contributed by atoms with Gasteiger partial charge in [0.15, 0.2) is 5.82 Å². The Labute approximate surface area is 177 Å². The maximum atomic E-state index is 4.83. The predicted molar refractivity (Wildman–Crippen MR) is 120 cm³/mol. The summed E-state index contributed by atoms with van der Waals surface area (Å²) in [6.45, 7) is 7.42. The highest BCUT2D eigenvalue weighted by atomic mass is 15.4. The number of benzene rings is 1. The number of aryl methyl sites for hydroxylation is 1. The molecule has 0 aliphatic carbocycles. The standard InChI is InChI=1S/C22H28N8/c1-16-15-30(20-8-9-28(3)26-20)21-19(16)14-23-22(25-21)24-17-4-6-18(7-5-17)29-12-10-27(2)11-13-29/h4-9,14,16H,10-13,15H2,1-3H3,(H,23,24,25). The molecule has 2 aliphatic rings. The first-order valence-electron chi connectivity index (χ1n) is 10.5. The monoisotopic (exact) mass is 404 g/mol. The number of piperazine rings is 1. The molecule has 0 saturated carbocycles. The van der Waals surface area contributed by atoms with Gasteiger partial charge in [-0.05, 0) is 31.3 Å². The molecule has 0 bridgehead atoms. The fourth-order valence-electron chi connectivity index (χ4n) is 4.16. The molecule has 0 radical (unpaired) electrons. The molecule has 4 heterocycles. The molecule has 1 aromatic carbocycles. The van der Waals surface area contributed by atoms with Crippen molar-refractivity contribution in [3.8, 4) is 0 Å². The second-order valence-electron chi connectivity index (χ2n) is 8.29. The van der Waals surface area contributed by atoms with E-state index in [0.717, 1.165) is 55.6 Å². The molecule has 1 N–H and O–H groups in total. The molecule has 3 aromatic rings. The van der Waals surface area contributed by atoms with Gasteiger partial charge in [0.25, 0.3) is 0 Å². The number of anilines is 5. The lowest BCUT2D eigenvalue weighted by Crippen LogP contribution is -2.44. The van der Waals surface area contributed by atoms with Crippen LogP contribution in [0.15, 0.2) is 42.7 Å². The van der Waals surface area contributed by atoms with Crippen LogP contribution in [0.2, 0.25) is 0 Å². The summed E-state index contributed by atoms with van der Waals surface area (Å²) in [7, 11) is 4.11. The number of likely N-dealkylation sites (N-methyl/N-ethyl adjacent to an activating group) is 1. The van der Waals surface area contributed by atoms with Crippen molar-refractivity contribution in [1.82, 2.24) is 24.6 Å². The molecule has 1 saturated heterocycles. The number of hydrogen-bond acceptors (Lipinski definition) is 7. The van der Waals surface area contributed by atoms with Gasteiger partial charge in [-0.2, -0.15) is 10.1 Å². The van der Waals surface area contributed by atoms with Crippen LogP contribution >= 0.6 is 0 Å². The maximum Gasteiger partial charge on any atom is 0.229 e. The van der Waals surface area contributed by atoms with E-state index in [-0.39, 0.29) is 0 Å². The van der Waals surface area contributed by atoms with Gasteiger partial charge in [0.1, 0.15) is 5.82 Å². The number of hydrogen-bond donors (Lipinski definition) is 1. The average molecular weight is 405 g/mol. The molecule has 8 heteroatoms. The van der Waals surface area contributed by atoms with Gasteiger partial charge >= 0.3 is 0 Å². The Balaban J connectivity index is 1.33. The topological polar surface area (TPSA) is 65.4 Å². The van der Waals surface area contributed by atoms with Crippen molar-refractivity contribution in [2.75, 3.05) is 54.9 Å². The molecular formula is C22H28N8. The van der Waals surface area contributed by atoms with Crippen molar-refractivity contribution in [2.24, 2.45) is 7.05 Å². The lowest BCUT2D eigenvalue weighted by molar-refractivity contribution is 0.313. The van der Waals surface area contributed by atoms with Crippen LogP contribution in [0, 0.1) is 0 Å². The van der Waals surface area contributed by atoms with Crippen LogP contribution in [-0.2, 0) is 7.05 Å². The molecule has 2 aliphatic heterocycles. The highest BCUT2D eigenvalue weighted by molar-refractivity contribution is 5.67. The van der Waals surface area contributed by atoms with Crippen LogP contribution in [0.4, 0.5) is 29.0 Å². The van der Waals surface area contributed by atoms with Gasteiger partial charge < -0.3 is 20.0 Å². The smallest absolute Gasteiger partial charge is 0.229 e. The lowest BCUT2D eigenvalue weighted by Gasteiger charge is -2.34. The van der Waals surface area contributed by atoms with E-state index in [9.17, 15) is 0 Å². The summed E-state index contributed by atoms with van der Waals surface area (Å²) in [5, 5.41) is 7.91. The summed E-state index contributed by atoms with van der Waals surface area (Å²) in [6, 6.07) is 10.6. The van der Waals surface area contributed by atoms with Crippen molar-refractivity contribution < 1.29 is 0 Å². The van der Waals surface area contributed by atoms with Crippen LogP contribution in [0.3, 0.4) is 0 Å². The third-order valence-electron chi connectivity index (χ3n) is 6.01. The largest absolute Gasteiger partial charge is 0.369 e.